The van der Waals surface area contributed by atoms with Crippen LogP contribution in [0, 0.1) is 0 Å². The summed E-state index contributed by atoms with van der Waals surface area (Å²) in [6, 6.07) is 17.4. The van der Waals surface area contributed by atoms with Gasteiger partial charge in [0.1, 0.15) is 0 Å². The monoisotopic (exact) mass is 265 g/mol. The van der Waals surface area contributed by atoms with Gasteiger partial charge < -0.3 is 5.73 Å². The van der Waals surface area contributed by atoms with Crippen molar-refractivity contribution in [3.63, 3.8) is 0 Å². The van der Waals surface area contributed by atoms with E-state index in [1.54, 1.807) is 0 Å². The van der Waals surface area contributed by atoms with Crippen molar-refractivity contribution in [3.05, 3.63) is 65.2 Å². The Hall–Kier alpha value is -1.76. The minimum absolute atomic E-state index is 0.800. The molecule has 0 bridgehead atoms. The Morgan fingerprint density at radius 3 is 1.90 bits per heavy atom. The first-order valence-corrected chi connectivity index (χ1v) is 7.74. The average Bonchev–Trinajstić information content (AvgIpc) is 2.51. The lowest BCUT2D eigenvalue weighted by Crippen LogP contribution is -2.04. The maximum absolute atomic E-state index is 5.72. The number of benzene rings is 2. The summed E-state index contributed by atoms with van der Waals surface area (Å²) in [6.07, 6.45) is 7.96. The van der Waals surface area contributed by atoms with Crippen LogP contribution in [0.1, 0.15) is 54.7 Å². The first kappa shape index (κ1) is 13.2. The van der Waals surface area contributed by atoms with Crippen molar-refractivity contribution < 1.29 is 0 Å². The van der Waals surface area contributed by atoms with E-state index in [0.29, 0.717) is 0 Å². The lowest BCUT2D eigenvalue weighted by Gasteiger charge is -2.22. The van der Waals surface area contributed by atoms with Crippen molar-refractivity contribution in [1.29, 1.82) is 0 Å². The number of rotatable bonds is 3. The molecule has 1 aliphatic carbocycles. The molecular formula is C19H23N. The summed E-state index contributed by atoms with van der Waals surface area (Å²) in [7, 11) is 0. The molecule has 2 N–H and O–H groups in total. The molecule has 2 aromatic carbocycles. The molecule has 20 heavy (non-hydrogen) atoms. The van der Waals surface area contributed by atoms with Crippen LogP contribution in [0.5, 0.6) is 0 Å². The van der Waals surface area contributed by atoms with Crippen molar-refractivity contribution in [2.45, 2.75) is 44.4 Å². The maximum Gasteiger partial charge on any atom is 0.0314 e. The predicted molar refractivity (Wildman–Crippen MR) is 85.9 cm³/mol. The Labute approximate surface area is 121 Å². The maximum atomic E-state index is 5.72. The second kappa shape index (κ2) is 6.13. The first-order valence-electron chi connectivity index (χ1n) is 7.74. The molecule has 0 aromatic heterocycles. The topological polar surface area (TPSA) is 26.0 Å². The summed E-state index contributed by atoms with van der Waals surface area (Å²) < 4.78 is 0. The van der Waals surface area contributed by atoms with E-state index in [9.17, 15) is 0 Å². The molecule has 0 heterocycles. The molecule has 0 radical (unpaired) electrons. The van der Waals surface area contributed by atoms with E-state index in [2.05, 4.69) is 36.4 Å². The van der Waals surface area contributed by atoms with Gasteiger partial charge in [-0.3, -0.25) is 0 Å². The summed E-state index contributed by atoms with van der Waals surface area (Å²) in [5.41, 5.74) is 10.8. The van der Waals surface area contributed by atoms with Crippen LogP contribution in [0.2, 0.25) is 0 Å². The number of nitrogen functional groups attached to an aromatic ring is 1. The Bertz CT molecular complexity index is 533. The molecule has 0 spiro atoms. The van der Waals surface area contributed by atoms with E-state index < -0.39 is 0 Å². The number of anilines is 1. The Kier molecular flexibility index (Phi) is 4.05. The molecule has 0 atom stereocenters. The summed E-state index contributed by atoms with van der Waals surface area (Å²) in [4.78, 5) is 0. The summed E-state index contributed by atoms with van der Waals surface area (Å²) in [5, 5.41) is 0. The fourth-order valence-electron chi connectivity index (χ4n) is 3.21. The fourth-order valence-corrected chi connectivity index (χ4v) is 3.21. The molecule has 0 unspecified atom stereocenters. The summed E-state index contributed by atoms with van der Waals surface area (Å²) >= 11 is 0. The van der Waals surface area contributed by atoms with Crippen molar-refractivity contribution in [1.82, 2.24) is 0 Å². The fraction of sp³-hybridized carbons (Fsp3) is 0.368. The Morgan fingerprint density at radius 2 is 1.30 bits per heavy atom. The van der Waals surface area contributed by atoms with E-state index in [1.165, 1.54) is 48.8 Å². The van der Waals surface area contributed by atoms with Gasteiger partial charge in [-0.2, -0.15) is 0 Å². The lowest BCUT2D eigenvalue weighted by molar-refractivity contribution is 0.443. The normalized spacial score (nSPS) is 16.2. The molecule has 1 nitrogen and oxygen atoms in total. The van der Waals surface area contributed by atoms with Crippen molar-refractivity contribution in [3.8, 4) is 0 Å². The summed E-state index contributed by atoms with van der Waals surface area (Å²) in [6.45, 7) is 0. The summed E-state index contributed by atoms with van der Waals surface area (Å²) in [5.74, 6) is 0.800. The minimum Gasteiger partial charge on any atom is -0.399 e. The van der Waals surface area contributed by atoms with Gasteiger partial charge in [0.2, 0.25) is 0 Å². The van der Waals surface area contributed by atoms with Gasteiger partial charge >= 0.3 is 0 Å². The van der Waals surface area contributed by atoms with Crippen LogP contribution in [0.4, 0.5) is 5.69 Å². The average molecular weight is 265 g/mol. The standard InChI is InChI=1S/C19H23N/c20-19-12-8-16(9-13-19)14-15-6-10-18(11-7-15)17-4-2-1-3-5-17/h6-13,17H,1-5,14,20H2. The van der Waals surface area contributed by atoms with Gasteiger partial charge in [0.25, 0.3) is 0 Å². The van der Waals surface area contributed by atoms with Crippen molar-refractivity contribution in [2.24, 2.45) is 0 Å². The molecular weight excluding hydrogens is 242 g/mol. The van der Waals surface area contributed by atoms with Gasteiger partial charge in [0, 0.05) is 5.69 Å². The Morgan fingerprint density at radius 1 is 0.750 bits per heavy atom. The third kappa shape index (κ3) is 3.22. The molecule has 1 aliphatic rings. The van der Waals surface area contributed by atoms with E-state index in [4.69, 9.17) is 5.73 Å². The highest BCUT2D eigenvalue weighted by atomic mass is 14.5. The van der Waals surface area contributed by atoms with Gasteiger partial charge in [-0.1, -0.05) is 55.7 Å². The highest BCUT2D eigenvalue weighted by Gasteiger charge is 2.14. The second-order valence-electron chi connectivity index (χ2n) is 5.99. The number of nitrogens with two attached hydrogens (primary N) is 1. The molecule has 1 fully saturated rings. The molecule has 2 aromatic rings. The number of hydrogen-bond acceptors (Lipinski definition) is 1. The smallest absolute Gasteiger partial charge is 0.0314 e. The van der Waals surface area contributed by atoms with Crippen LogP contribution in [0.3, 0.4) is 0 Å². The largest absolute Gasteiger partial charge is 0.399 e. The molecule has 1 saturated carbocycles. The molecule has 0 amide bonds. The highest BCUT2D eigenvalue weighted by molar-refractivity contribution is 5.40. The van der Waals surface area contributed by atoms with Gasteiger partial charge in [0.05, 0.1) is 0 Å². The highest BCUT2D eigenvalue weighted by Crippen LogP contribution is 2.32. The van der Waals surface area contributed by atoms with Crippen LogP contribution in [-0.2, 0) is 6.42 Å². The molecule has 104 valence electrons. The third-order valence-electron chi connectivity index (χ3n) is 4.44. The van der Waals surface area contributed by atoms with Crippen molar-refractivity contribution >= 4 is 5.69 Å². The van der Waals surface area contributed by atoms with Crippen LogP contribution >= 0.6 is 0 Å². The zero-order chi connectivity index (χ0) is 13.8. The quantitative estimate of drug-likeness (QED) is 0.784. The minimum atomic E-state index is 0.800. The molecule has 0 aliphatic heterocycles. The lowest BCUT2D eigenvalue weighted by atomic mass is 9.84. The second-order valence-corrected chi connectivity index (χ2v) is 5.99. The van der Waals surface area contributed by atoms with Crippen LogP contribution in [0.15, 0.2) is 48.5 Å². The molecule has 3 rings (SSSR count). The van der Waals surface area contributed by atoms with E-state index in [1.807, 2.05) is 12.1 Å². The van der Waals surface area contributed by atoms with Gasteiger partial charge in [-0.25, -0.2) is 0 Å². The van der Waals surface area contributed by atoms with Gasteiger partial charge in [-0.05, 0) is 54.0 Å². The van der Waals surface area contributed by atoms with Gasteiger partial charge in [-0.15, -0.1) is 0 Å². The predicted octanol–water partition coefficient (Wildman–Crippen LogP) is 4.91. The number of hydrogen-bond donors (Lipinski definition) is 1. The SMILES string of the molecule is Nc1ccc(Cc2ccc(C3CCCCC3)cc2)cc1. The zero-order valence-corrected chi connectivity index (χ0v) is 12.0. The third-order valence-corrected chi connectivity index (χ3v) is 4.44. The van der Waals surface area contributed by atoms with Gasteiger partial charge in [0.15, 0.2) is 0 Å². The first-order chi connectivity index (χ1) is 9.81. The molecule has 1 heteroatoms. The zero-order valence-electron chi connectivity index (χ0n) is 12.0. The Balaban J connectivity index is 1.67. The van der Waals surface area contributed by atoms with E-state index in [-0.39, 0.29) is 0 Å². The van der Waals surface area contributed by atoms with E-state index in [0.717, 1.165) is 18.0 Å². The van der Waals surface area contributed by atoms with Crippen LogP contribution in [0.25, 0.3) is 0 Å². The van der Waals surface area contributed by atoms with Crippen LogP contribution < -0.4 is 5.73 Å². The van der Waals surface area contributed by atoms with Crippen molar-refractivity contribution in [2.75, 3.05) is 5.73 Å². The molecule has 0 saturated heterocycles. The van der Waals surface area contributed by atoms with Crippen LogP contribution in [-0.4, -0.2) is 0 Å². The van der Waals surface area contributed by atoms with E-state index >= 15 is 0 Å².